The van der Waals surface area contributed by atoms with E-state index in [9.17, 15) is 9.90 Å². The highest BCUT2D eigenvalue weighted by molar-refractivity contribution is 8.02. The molecule has 0 spiro atoms. The molecular weight excluding hydrogens is 268 g/mol. The Morgan fingerprint density at radius 2 is 2.11 bits per heavy atom. The molecule has 1 atom stereocenters. The van der Waals surface area contributed by atoms with Crippen LogP contribution in [0.1, 0.15) is 10.6 Å². The van der Waals surface area contributed by atoms with Crippen LogP contribution in [0.3, 0.4) is 0 Å². The van der Waals surface area contributed by atoms with Crippen molar-refractivity contribution < 1.29 is 9.90 Å². The summed E-state index contributed by atoms with van der Waals surface area (Å²) in [7, 11) is 0. The Hall–Kier alpha value is -1.40. The lowest BCUT2D eigenvalue weighted by molar-refractivity contribution is -0.136. The zero-order valence-corrected chi connectivity index (χ0v) is 11.4. The second kappa shape index (κ2) is 5.97. The standard InChI is InChI=1S/C12H12N2O2S2/c1-8-13-14-12(17-8)18-10(11(15)16)7-9-5-3-2-4-6-9/h2-6,10H,7H2,1H3,(H,15,16). The lowest BCUT2D eigenvalue weighted by Crippen LogP contribution is -2.19. The number of carbonyl (C=O) groups is 1. The van der Waals surface area contributed by atoms with E-state index >= 15 is 0 Å². The summed E-state index contributed by atoms with van der Waals surface area (Å²) in [6.07, 6.45) is 0.486. The van der Waals surface area contributed by atoms with E-state index in [4.69, 9.17) is 0 Å². The first kappa shape index (κ1) is 13.0. The number of hydrogen-bond acceptors (Lipinski definition) is 5. The fourth-order valence-electron chi connectivity index (χ4n) is 1.46. The number of aryl methyl sites for hydroxylation is 1. The zero-order valence-electron chi connectivity index (χ0n) is 9.74. The Labute approximate surface area is 113 Å². The van der Waals surface area contributed by atoms with E-state index in [1.165, 1.54) is 23.1 Å². The maximum Gasteiger partial charge on any atom is 0.317 e. The van der Waals surface area contributed by atoms with Crippen LogP contribution < -0.4 is 0 Å². The summed E-state index contributed by atoms with van der Waals surface area (Å²) in [6.45, 7) is 1.86. The van der Waals surface area contributed by atoms with E-state index in [1.807, 2.05) is 37.3 Å². The molecule has 2 rings (SSSR count). The van der Waals surface area contributed by atoms with Gasteiger partial charge >= 0.3 is 5.97 Å². The lowest BCUT2D eigenvalue weighted by atomic mass is 10.1. The van der Waals surface area contributed by atoms with Crippen molar-refractivity contribution in [1.29, 1.82) is 0 Å². The monoisotopic (exact) mass is 280 g/mol. The van der Waals surface area contributed by atoms with Gasteiger partial charge in [-0.05, 0) is 18.9 Å². The fourth-order valence-corrected chi connectivity index (χ4v) is 3.48. The first-order valence-corrected chi connectivity index (χ1v) is 7.08. The Kier molecular flexibility index (Phi) is 4.33. The molecule has 1 heterocycles. The number of nitrogens with zero attached hydrogens (tertiary/aromatic N) is 2. The summed E-state index contributed by atoms with van der Waals surface area (Å²) in [5.41, 5.74) is 1.01. The minimum atomic E-state index is -0.822. The van der Waals surface area contributed by atoms with Gasteiger partial charge in [0.05, 0.1) is 0 Å². The van der Waals surface area contributed by atoms with Crippen LogP contribution in [0.4, 0.5) is 0 Å². The van der Waals surface area contributed by atoms with Crippen LogP contribution in [0, 0.1) is 6.92 Å². The van der Waals surface area contributed by atoms with Gasteiger partial charge < -0.3 is 5.11 Å². The third-order valence-electron chi connectivity index (χ3n) is 2.29. The molecule has 0 fully saturated rings. The summed E-state index contributed by atoms with van der Waals surface area (Å²) in [5, 5.41) is 17.4. The van der Waals surface area contributed by atoms with E-state index < -0.39 is 11.2 Å². The minimum Gasteiger partial charge on any atom is -0.480 e. The summed E-state index contributed by atoms with van der Waals surface area (Å²) in [6, 6.07) is 9.60. The van der Waals surface area contributed by atoms with Crippen molar-refractivity contribution >= 4 is 29.1 Å². The van der Waals surface area contributed by atoms with E-state index in [0.717, 1.165) is 10.6 Å². The zero-order chi connectivity index (χ0) is 13.0. The van der Waals surface area contributed by atoms with E-state index in [2.05, 4.69) is 10.2 Å². The second-order valence-corrected chi connectivity index (χ2v) is 6.35. The van der Waals surface area contributed by atoms with Gasteiger partial charge in [0.1, 0.15) is 10.3 Å². The van der Waals surface area contributed by atoms with Crippen LogP contribution >= 0.6 is 23.1 Å². The van der Waals surface area contributed by atoms with Gasteiger partial charge in [-0.1, -0.05) is 53.4 Å². The molecule has 0 aliphatic heterocycles. The topological polar surface area (TPSA) is 63.1 Å². The molecule has 18 heavy (non-hydrogen) atoms. The van der Waals surface area contributed by atoms with Crippen LogP contribution in [-0.4, -0.2) is 26.5 Å². The molecular formula is C12H12N2O2S2. The van der Waals surface area contributed by atoms with Gasteiger partial charge in [0.15, 0.2) is 4.34 Å². The normalized spacial score (nSPS) is 12.3. The van der Waals surface area contributed by atoms with E-state index in [-0.39, 0.29) is 0 Å². The van der Waals surface area contributed by atoms with Gasteiger partial charge in [-0.25, -0.2) is 0 Å². The molecule has 0 aliphatic rings. The SMILES string of the molecule is Cc1nnc(SC(Cc2ccccc2)C(=O)O)s1. The third-order valence-corrected chi connectivity index (χ3v) is 4.40. The number of aliphatic carboxylic acids is 1. The van der Waals surface area contributed by atoms with Crippen molar-refractivity contribution in [2.24, 2.45) is 0 Å². The summed E-state index contributed by atoms with van der Waals surface area (Å²) < 4.78 is 0.704. The molecule has 0 saturated heterocycles. The van der Waals surface area contributed by atoms with Crippen LogP contribution in [0.15, 0.2) is 34.7 Å². The largest absolute Gasteiger partial charge is 0.480 e. The summed E-state index contributed by atoms with van der Waals surface area (Å²) >= 11 is 2.68. The van der Waals surface area contributed by atoms with Crippen molar-refractivity contribution in [2.75, 3.05) is 0 Å². The van der Waals surface area contributed by atoms with Crippen LogP contribution in [0.5, 0.6) is 0 Å². The lowest BCUT2D eigenvalue weighted by Gasteiger charge is -2.09. The number of aromatic nitrogens is 2. The minimum absolute atomic E-state index is 0.486. The molecule has 6 heteroatoms. The maximum atomic E-state index is 11.3. The highest BCUT2D eigenvalue weighted by Gasteiger charge is 2.21. The number of benzene rings is 1. The molecule has 1 N–H and O–H groups in total. The van der Waals surface area contributed by atoms with Crippen molar-refractivity contribution in [3.05, 3.63) is 40.9 Å². The Balaban J connectivity index is 2.07. The van der Waals surface area contributed by atoms with Crippen LogP contribution in [-0.2, 0) is 11.2 Å². The summed E-state index contributed by atoms with van der Waals surface area (Å²) in [5.74, 6) is -0.822. The van der Waals surface area contributed by atoms with Crippen molar-refractivity contribution in [3.63, 3.8) is 0 Å². The molecule has 4 nitrogen and oxygen atoms in total. The number of thioether (sulfide) groups is 1. The van der Waals surface area contributed by atoms with Gasteiger partial charge in [-0.15, -0.1) is 10.2 Å². The molecule has 0 radical (unpaired) electrons. The van der Waals surface area contributed by atoms with E-state index in [0.29, 0.717) is 10.8 Å². The van der Waals surface area contributed by atoms with E-state index in [1.54, 1.807) is 0 Å². The molecule has 0 aliphatic carbocycles. The van der Waals surface area contributed by atoms with Gasteiger partial charge in [-0.3, -0.25) is 4.79 Å². The van der Waals surface area contributed by atoms with Crippen LogP contribution in [0.25, 0.3) is 0 Å². The molecule has 2 aromatic rings. The predicted octanol–water partition coefficient (Wildman–Crippen LogP) is 2.63. The maximum absolute atomic E-state index is 11.3. The van der Waals surface area contributed by atoms with Gasteiger partial charge in [0, 0.05) is 0 Å². The Morgan fingerprint density at radius 3 is 2.67 bits per heavy atom. The quantitative estimate of drug-likeness (QED) is 0.853. The van der Waals surface area contributed by atoms with Crippen molar-refractivity contribution in [3.8, 4) is 0 Å². The molecule has 1 aromatic carbocycles. The van der Waals surface area contributed by atoms with Gasteiger partial charge in [0.25, 0.3) is 0 Å². The Bertz CT molecular complexity index is 528. The van der Waals surface area contributed by atoms with Crippen molar-refractivity contribution in [2.45, 2.75) is 22.9 Å². The number of hydrogen-bond donors (Lipinski definition) is 1. The fraction of sp³-hybridized carbons (Fsp3) is 0.250. The number of rotatable bonds is 5. The smallest absolute Gasteiger partial charge is 0.317 e. The average molecular weight is 280 g/mol. The first-order chi connectivity index (χ1) is 8.65. The van der Waals surface area contributed by atoms with Gasteiger partial charge in [-0.2, -0.15) is 0 Å². The molecule has 0 amide bonds. The highest BCUT2D eigenvalue weighted by Crippen LogP contribution is 2.28. The third kappa shape index (κ3) is 3.54. The second-order valence-electron chi connectivity index (χ2n) is 3.72. The number of carboxylic acids is 1. The summed E-state index contributed by atoms with van der Waals surface area (Å²) in [4.78, 5) is 11.3. The molecule has 94 valence electrons. The Morgan fingerprint density at radius 1 is 1.39 bits per heavy atom. The highest BCUT2D eigenvalue weighted by atomic mass is 32.2. The van der Waals surface area contributed by atoms with Crippen molar-refractivity contribution in [1.82, 2.24) is 10.2 Å². The molecule has 1 aromatic heterocycles. The molecule has 1 unspecified atom stereocenters. The van der Waals surface area contributed by atoms with Gasteiger partial charge in [0.2, 0.25) is 0 Å². The predicted molar refractivity (Wildman–Crippen MR) is 72.1 cm³/mol. The molecule has 0 bridgehead atoms. The first-order valence-electron chi connectivity index (χ1n) is 5.38. The number of carboxylic acid groups (broad SMARTS) is 1. The van der Waals surface area contributed by atoms with Crippen LogP contribution in [0.2, 0.25) is 0 Å². The average Bonchev–Trinajstić information content (AvgIpc) is 2.75. The molecule has 0 saturated carbocycles.